The van der Waals surface area contributed by atoms with Crippen LogP contribution in [0.5, 0.6) is 0 Å². The van der Waals surface area contributed by atoms with Crippen molar-refractivity contribution >= 4 is 11.6 Å². The summed E-state index contributed by atoms with van der Waals surface area (Å²) >= 11 is 5.55. The van der Waals surface area contributed by atoms with Crippen LogP contribution in [0, 0.1) is 0 Å². The minimum absolute atomic E-state index is 0.416. The number of rotatable bonds is 1. The summed E-state index contributed by atoms with van der Waals surface area (Å²) in [7, 11) is 0. The topological polar surface area (TPSA) is 26.0 Å². The Balaban J connectivity index is 2.79. The Labute approximate surface area is 58.0 Å². The fourth-order valence-electron chi connectivity index (χ4n) is 0.728. The predicted octanol–water partition coefficient (Wildman–Crippen LogP) is 1.70. The summed E-state index contributed by atoms with van der Waals surface area (Å²) in [4.78, 5) is 0. The van der Waals surface area contributed by atoms with Crippen LogP contribution in [0.1, 0.15) is 6.42 Å². The van der Waals surface area contributed by atoms with E-state index < -0.39 is 6.67 Å². The molecule has 1 nitrogen and oxygen atoms in total. The summed E-state index contributed by atoms with van der Waals surface area (Å²) in [6.07, 6.45) is 2.28. The summed E-state index contributed by atoms with van der Waals surface area (Å²) in [5.74, 6) is 0. The highest BCUT2D eigenvalue weighted by Gasteiger charge is 2.11. The highest BCUT2D eigenvalue weighted by Crippen LogP contribution is 2.24. The Morgan fingerprint density at radius 2 is 2.44 bits per heavy atom. The molecule has 9 heavy (non-hydrogen) atoms. The molecule has 50 valence electrons. The summed E-state index contributed by atoms with van der Waals surface area (Å²) in [6, 6.07) is 0. The Morgan fingerprint density at radius 1 is 1.78 bits per heavy atom. The lowest BCUT2D eigenvalue weighted by Gasteiger charge is -1.95. The van der Waals surface area contributed by atoms with Crippen molar-refractivity contribution in [3.05, 3.63) is 22.4 Å². The molecule has 0 fully saturated rings. The maximum Gasteiger partial charge on any atom is 0.113 e. The third-order valence-electron chi connectivity index (χ3n) is 1.33. The third-order valence-corrected chi connectivity index (χ3v) is 1.69. The molecule has 1 rings (SSSR count). The van der Waals surface area contributed by atoms with Crippen LogP contribution in [0.15, 0.2) is 22.4 Å². The molecule has 0 saturated heterocycles. The Morgan fingerprint density at radius 3 is 2.67 bits per heavy atom. The molecule has 2 N–H and O–H groups in total. The van der Waals surface area contributed by atoms with Crippen molar-refractivity contribution in [1.82, 2.24) is 0 Å². The molecule has 1 aliphatic rings. The zero-order valence-electron chi connectivity index (χ0n) is 4.82. The first-order valence-corrected chi connectivity index (χ1v) is 3.03. The highest BCUT2D eigenvalue weighted by molar-refractivity contribution is 6.32. The van der Waals surface area contributed by atoms with Gasteiger partial charge in [-0.3, -0.25) is 0 Å². The largest absolute Gasteiger partial charge is 0.397 e. The van der Waals surface area contributed by atoms with Crippen LogP contribution < -0.4 is 5.73 Å². The lowest BCUT2D eigenvalue weighted by molar-refractivity contribution is 0.537. The van der Waals surface area contributed by atoms with E-state index in [-0.39, 0.29) is 0 Å². The summed E-state index contributed by atoms with van der Waals surface area (Å²) < 4.78 is 11.9. The van der Waals surface area contributed by atoms with E-state index in [4.69, 9.17) is 17.3 Å². The van der Waals surface area contributed by atoms with E-state index in [1.165, 1.54) is 0 Å². The van der Waals surface area contributed by atoms with Gasteiger partial charge in [-0.15, -0.1) is 0 Å². The maximum absolute atomic E-state index is 11.9. The lowest BCUT2D eigenvalue weighted by atomic mass is 10.2. The molecule has 0 spiro atoms. The molecule has 0 bridgehead atoms. The van der Waals surface area contributed by atoms with Crippen molar-refractivity contribution in [3.8, 4) is 0 Å². The molecule has 1 aliphatic carbocycles. The van der Waals surface area contributed by atoms with Crippen LogP contribution >= 0.6 is 11.6 Å². The molecule has 0 aromatic carbocycles. The number of halogens is 2. The van der Waals surface area contributed by atoms with E-state index in [0.717, 1.165) is 0 Å². The molecule has 0 radical (unpaired) electrons. The smallest absolute Gasteiger partial charge is 0.113 e. The zero-order chi connectivity index (χ0) is 6.85. The third kappa shape index (κ3) is 1.08. The molecular weight excluding hydrogens is 141 g/mol. The minimum atomic E-state index is -0.488. The Hall–Kier alpha value is -0.500. The quantitative estimate of drug-likeness (QED) is 0.600. The van der Waals surface area contributed by atoms with Gasteiger partial charge >= 0.3 is 0 Å². The second kappa shape index (κ2) is 2.40. The molecule has 0 aromatic heterocycles. The highest BCUT2D eigenvalue weighted by atomic mass is 35.5. The zero-order valence-corrected chi connectivity index (χ0v) is 5.58. The van der Waals surface area contributed by atoms with Crippen LogP contribution in [0.2, 0.25) is 0 Å². The first-order valence-electron chi connectivity index (χ1n) is 2.65. The van der Waals surface area contributed by atoms with E-state index in [1.807, 2.05) is 0 Å². The summed E-state index contributed by atoms with van der Waals surface area (Å²) in [5.41, 5.74) is 6.39. The average molecular weight is 148 g/mol. The van der Waals surface area contributed by atoms with E-state index >= 15 is 0 Å². The fourth-order valence-corrected chi connectivity index (χ4v) is 0.939. The number of hydrogen-bond donors (Lipinski definition) is 1. The van der Waals surface area contributed by atoms with Gasteiger partial charge in [0.05, 0.1) is 10.7 Å². The van der Waals surface area contributed by atoms with E-state index in [0.29, 0.717) is 22.7 Å². The van der Waals surface area contributed by atoms with Crippen molar-refractivity contribution in [3.63, 3.8) is 0 Å². The van der Waals surface area contributed by atoms with E-state index in [1.54, 1.807) is 6.08 Å². The van der Waals surface area contributed by atoms with E-state index in [9.17, 15) is 4.39 Å². The molecule has 0 heterocycles. The van der Waals surface area contributed by atoms with Gasteiger partial charge in [0.25, 0.3) is 0 Å². The van der Waals surface area contributed by atoms with Crippen LogP contribution in [-0.2, 0) is 0 Å². The predicted molar refractivity (Wildman–Crippen MR) is 35.7 cm³/mol. The lowest BCUT2D eigenvalue weighted by Crippen LogP contribution is -1.98. The summed E-state index contributed by atoms with van der Waals surface area (Å²) in [5, 5.41) is 0.489. The van der Waals surface area contributed by atoms with Crippen molar-refractivity contribution < 1.29 is 4.39 Å². The van der Waals surface area contributed by atoms with E-state index in [2.05, 4.69) is 0 Å². The van der Waals surface area contributed by atoms with Crippen LogP contribution in [0.25, 0.3) is 0 Å². The van der Waals surface area contributed by atoms with Gasteiger partial charge < -0.3 is 5.73 Å². The van der Waals surface area contributed by atoms with Crippen molar-refractivity contribution in [1.29, 1.82) is 0 Å². The van der Waals surface area contributed by atoms with Gasteiger partial charge in [-0.1, -0.05) is 17.7 Å². The van der Waals surface area contributed by atoms with Crippen molar-refractivity contribution in [2.24, 2.45) is 5.73 Å². The normalized spacial score (nSPS) is 18.7. The van der Waals surface area contributed by atoms with Crippen molar-refractivity contribution in [2.75, 3.05) is 6.67 Å². The molecule has 0 aliphatic heterocycles. The molecule has 3 heteroatoms. The van der Waals surface area contributed by atoms with Gasteiger partial charge in [0.1, 0.15) is 6.67 Å². The Kier molecular flexibility index (Phi) is 1.76. The van der Waals surface area contributed by atoms with Crippen molar-refractivity contribution in [2.45, 2.75) is 6.42 Å². The van der Waals surface area contributed by atoms with Gasteiger partial charge in [0.2, 0.25) is 0 Å². The summed E-state index contributed by atoms with van der Waals surface area (Å²) in [6.45, 7) is -0.488. The SMILES string of the molecule is NC1=C(CF)CC=C1Cl. The molecular formula is C6H7ClFN. The number of alkyl halides is 1. The fraction of sp³-hybridized carbons (Fsp3) is 0.333. The van der Waals surface area contributed by atoms with Crippen LogP contribution in [0.3, 0.4) is 0 Å². The van der Waals surface area contributed by atoms with Gasteiger partial charge in [-0.2, -0.15) is 0 Å². The Bertz CT molecular complexity index is 183. The van der Waals surface area contributed by atoms with Gasteiger partial charge in [-0.25, -0.2) is 4.39 Å². The second-order valence-corrected chi connectivity index (χ2v) is 2.31. The monoisotopic (exact) mass is 147 g/mol. The number of allylic oxidation sites excluding steroid dienone is 3. The molecule has 0 saturated carbocycles. The van der Waals surface area contributed by atoms with Gasteiger partial charge in [0.15, 0.2) is 0 Å². The first-order chi connectivity index (χ1) is 4.25. The first kappa shape index (κ1) is 6.62. The van der Waals surface area contributed by atoms with Crippen LogP contribution in [-0.4, -0.2) is 6.67 Å². The second-order valence-electron chi connectivity index (χ2n) is 1.91. The average Bonchev–Trinajstić information content (AvgIpc) is 2.15. The van der Waals surface area contributed by atoms with Gasteiger partial charge in [0, 0.05) is 0 Å². The minimum Gasteiger partial charge on any atom is -0.397 e. The van der Waals surface area contributed by atoms with Crippen LogP contribution in [0.4, 0.5) is 4.39 Å². The number of hydrogen-bond acceptors (Lipinski definition) is 1. The molecule has 0 atom stereocenters. The molecule has 0 amide bonds. The molecule has 0 aromatic rings. The van der Waals surface area contributed by atoms with Gasteiger partial charge in [-0.05, 0) is 12.0 Å². The maximum atomic E-state index is 11.9. The standard InChI is InChI=1S/C6H7ClFN/c7-5-2-1-4(3-8)6(5)9/h2H,1,3,9H2. The molecule has 0 unspecified atom stereocenters. The number of nitrogens with two attached hydrogens (primary N) is 1.